The van der Waals surface area contributed by atoms with Crippen LogP contribution in [0.4, 0.5) is 14.7 Å². The predicted molar refractivity (Wildman–Crippen MR) is 162 cm³/mol. The fourth-order valence-corrected chi connectivity index (χ4v) is 6.74. The van der Waals surface area contributed by atoms with Crippen molar-refractivity contribution in [1.82, 2.24) is 15.3 Å². The lowest BCUT2D eigenvalue weighted by Gasteiger charge is -2.32. The molecule has 1 aliphatic heterocycles. The zero-order valence-corrected chi connectivity index (χ0v) is 25.6. The molecule has 5 rings (SSSR count). The number of nitrogens with zero attached hydrogens (tertiary/aromatic N) is 3. The highest BCUT2D eigenvalue weighted by Crippen LogP contribution is 2.34. The van der Waals surface area contributed by atoms with Crippen molar-refractivity contribution >= 4 is 27.6 Å². The van der Waals surface area contributed by atoms with Crippen molar-refractivity contribution in [2.75, 3.05) is 38.2 Å². The van der Waals surface area contributed by atoms with E-state index in [0.29, 0.717) is 34.7 Å². The van der Waals surface area contributed by atoms with Crippen molar-refractivity contribution in [1.29, 1.82) is 0 Å². The zero-order valence-electron chi connectivity index (χ0n) is 24.0. The molecule has 2 heterocycles. The monoisotopic (exact) mass is 644 g/mol. The molecule has 1 saturated heterocycles. The standard InChI is InChI=1S/C31H31ClF2N4O5S/c1-41-24-9-6-21(28(14-24)42-2)18-38(31-36-11-3-12-37-31)44(39,40)30-16-26(33)29(15-27(30)34)43-19-22-17-35-13-10-25(22)20-4-7-23(32)8-5-20/h3-9,11-12,14-16,22,25,35H,10,13,17-19H2,1-2H3/t22-,25-/m0/s1. The van der Waals surface area contributed by atoms with E-state index in [0.717, 1.165) is 28.9 Å². The van der Waals surface area contributed by atoms with Crippen LogP contribution in [0.25, 0.3) is 0 Å². The molecule has 0 unspecified atom stereocenters. The van der Waals surface area contributed by atoms with Crippen LogP contribution in [0.1, 0.15) is 23.5 Å². The summed E-state index contributed by atoms with van der Waals surface area (Å²) < 4.78 is 75.9. The van der Waals surface area contributed by atoms with Gasteiger partial charge < -0.3 is 19.5 Å². The van der Waals surface area contributed by atoms with E-state index < -0.39 is 26.6 Å². The van der Waals surface area contributed by atoms with E-state index in [1.165, 1.54) is 32.7 Å². The van der Waals surface area contributed by atoms with Crippen LogP contribution >= 0.6 is 11.6 Å². The third-order valence-electron chi connectivity index (χ3n) is 7.50. The van der Waals surface area contributed by atoms with Gasteiger partial charge in [-0.2, -0.15) is 0 Å². The number of sulfonamides is 1. The first kappa shape index (κ1) is 31.4. The normalized spacial score (nSPS) is 16.8. The highest BCUT2D eigenvalue weighted by molar-refractivity contribution is 7.92. The van der Waals surface area contributed by atoms with Crippen LogP contribution in [0.3, 0.4) is 0 Å². The molecule has 1 fully saturated rings. The van der Waals surface area contributed by atoms with Gasteiger partial charge in [0.05, 0.1) is 27.4 Å². The van der Waals surface area contributed by atoms with Gasteiger partial charge in [-0.05, 0) is 54.8 Å². The molecule has 0 radical (unpaired) electrons. The quantitative estimate of drug-likeness (QED) is 0.225. The number of rotatable bonds is 11. The molecular weight excluding hydrogens is 614 g/mol. The molecule has 0 amide bonds. The third-order valence-corrected chi connectivity index (χ3v) is 9.49. The largest absolute Gasteiger partial charge is 0.497 e. The second kappa shape index (κ2) is 13.7. The van der Waals surface area contributed by atoms with E-state index in [4.69, 9.17) is 25.8 Å². The maximum absolute atomic E-state index is 15.6. The first-order valence-corrected chi connectivity index (χ1v) is 15.6. The summed E-state index contributed by atoms with van der Waals surface area (Å²) in [5.74, 6) is -1.93. The highest BCUT2D eigenvalue weighted by Gasteiger charge is 2.33. The van der Waals surface area contributed by atoms with Gasteiger partial charge in [0.2, 0.25) is 5.95 Å². The SMILES string of the molecule is COc1ccc(CN(c2ncccn2)S(=O)(=O)c2cc(F)c(OC[C@@H]3CNCC[C@H]3c3ccc(Cl)cc3)cc2F)c(OC)c1. The Bertz CT molecular complexity index is 1700. The molecule has 2 atom stereocenters. The summed E-state index contributed by atoms with van der Waals surface area (Å²) in [6, 6.07) is 15.2. The summed E-state index contributed by atoms with van der Waals surface area (Å²) >= 11 is 6.05. The average molecular weight is 645 g/mol. The number of anilines is 1. The van der Waals surface area contributed by atoms with E-state index in [1.807, 2.05) is 24.3 Å². The molecule has 1 aromatic heterocycles. The van der Waals surface area contributed by atoms with Gasteiger partial charge in [-0.25, -0.2) is 31.5 Å². The van der Waals surface area contributed by atoms with Crippen LogP contribution in [0.5, 0.6) is 17.2 Å². The van der Waals surface area contributed by atoms with E-state index in [-0.39, 0.29) is 36.7 Å². The fraction of sp³-hybridized carbons (Fsp3) is 0.290. The van der Waals surface area contributed by atoms with Crippen molar-refractivity contribution in [3.63, 3.8) is 0 Å². The lowest BCUT2D eigenvalue weighted by atomic mass is 9.81. The molecule has 0 saturated carbocycles. The Balaban J connectivity index is 1.42. The van der Waals surface area contributed by atoms with Crippen LogP contribution in [-0.4, -0.2) is 52.3 Å². The smallest absolute Gasteiger partial charge is 0.270 e. The number of halogens is 3. The van der Waals surface area contributed by atoms with E-state index in [9.17, 15) is 8.42 Å². The topological polar surface area (TPSA) is 103 Å². The second-order valence-corrected chi connectivity index (χ2v) is 12.4. The van der Waals surface area contributed by atoms with E-state index in [2.05, 4.69) is 15.3 Å². The lowest BCUT2D eigenvalue weighted by Crippen LogP contribution is -2.38. The number of methoxy groups -OCH3 is 2. The van der Waals surface area contributed by atoms with Gasteiger partial charge in [0.1, 0.15) is 22.2 Å². The number of hydrogen-bond acceptors (Lipinski definition) is 8. The Hall–Kier alpha value is -4.00. The van der Waals surface area contributed by atoms with Gasteiger partial charge in [0.25, 0.3) is 10.0 Å². The summed E-state index contributed by atoms with van der Waals surface area (Å²) in [6.45, 7) is 1.18. The molecule has 232 valence electrons. The Kier molecular flexibility index (Phi) is 9.82. The van der Waals surface area contributed by atoms with Gasteiger partial charge in [-0.15, -0.1) is 0 Å². The van der Waals surface area contributed by atoms with E-state index >= 15 is 8.78 Å². The Morgan fingerprint density at radius 2 is 1.73 bits per heavy atom. The Labute approximate surface area is 259 Å². The van der Waals surface area contributed by atoms with Crippen molar-refractivity contribution in [2.24, 2.45) is 5.92 Å². The minimum Gasteiger partial charge on any atom is -0.497 e. The van der Waals surface area contributed by atoms with Crippen LogP contribution < -0.4 is 23.8 Å². The second-order valence-electron chi connectivity index (χ2n) is 10.2. The predicted octanol–water partition coefficient (Wildman–Crippen LogP) is 5.59. The summed E-state index contributed by atoms with van der Waals surface area (Å²) in [5, 5.41) is 3.94. The van der Waals surface area contributed by atoms with Crippen molar-refractivity contribution < 1.29 is 31.4 Å². The van der Waals surface area contributed by atoms with Crippen LogP contribution in [0.15, 0.2) is 78.0 Å². The molecule has 0 bridgehead atoms. The molecule has 0 aliphatic carbocycles. The van der Waals surface area contributed by atoms with Crippen molar-refractivity contribution in [3.05, 3.63) is 101 Å². The summed E-state index contributed by atoms with van der Waals surface area (Å²) in [6.07, 6.45) is 3.53. The molecule has 3 aromatic carbocycles. The van der Waals surface area contributed by atoms with Crippen LogP contribution in [0.2, 0.25) is 5.02 Å². The number of hydrogen-bond donors (Lipinski definition) is 1. The Morgan fingerprint density at radius 1 is 0.977 bits per heavy atom. The summed E-state index contributed by atoms with van der Waals surface area (Å²) in [7, 11) is -1.81. The van der Waals surface area contributed by atoms with Crippen LogP contribution in [-0.2, 0) is 16.6 Å². The summed E-state index contributed by atoms with van der Waals surface area (Å²) in [5.41, 5.74) is 1.50. The molecule has 13 heteroatoms. The summed E-state index contributed by atoms with van der Waals surface area (Å²) in [4.78, 5) is 7.23. The zero-order chi connectivity index (χ0) is 31.3. The third kappa shape index (κ3) is 6.87. The molecule has 44 heavy (non-hydrogen) atoms. The number of nitrogens with one attached hydrogen (secondary N) is 1. The van der Waals surface area contributed by atoms with E-state index in [1.54, 1.807) is 18.2 Å². The number of piperidine rings is 1. The highest BCUT2D eigenvalue weighted by atomic mass is 35.5. The molecule has 1 N–H and O–H groups in total. The Morgan fingerprint density at radius 3 is 2.43 bits per heavy atom. The minimum atomic E-state index is -4.72. The van der Waals surface area contributed by atoms with Crippen molar-refractivity contribution in [2.45, 2.75) is 23.8 Å². The van der Waals surface area contributed by atoms with Crippen molar-refractivity contribution in [3.8, 4) is 17.2 Å². The van der Waals surface area contributed by atoms with Gasteiger partial charge >= 0.3 is 0 Å². The number of ether oxygens (including phenoxy) is 3. The molecule has 9 nitrogen and oxygen atoms in total. The molecule has 1 aliphatic rings. The van der Waals surface area contributed by atoms with Gasteiger partial charge in [-0.1, -0.05) is 23.7 Å². The van der Waals surface area contributed by atoms with Crippen LogP contribution in [0, 0.1) is 17.6 Å². The first-order valence-electron chi connectivity index (χ1n) is 13.8. The lowest BCUT2D eigenvalue weighted by molar-refractivity contribution is 0.190. The maximum atomic E-state index is 15.6. The average Bonchev–Trinajstić information content (AvgIpc) is 3.04. The minimum absolute atomic E-state index is 0.0407. The maximum Gasteiger partial charge on any atom is 0.270 e. The fourth-order valence-electron chi connectivity index (χ4n) is 5.20. The molecular formula is C31H31ClF2N4O5S. The van der Waals surface area contributed by atoms with Gasteiger partial charge in [0.15, 0.2) is 11.6 Å². The molecule has 4 aromatic rings. The number of benzene rings is 3. The first-order chi connectivity index (χ1) is 21.2. The van der Waals surface area contributed by atoms with Gasteiger partial charge in [0, 0.05) is 53.6 Å². The number of aromatic nitrogens is 2. The molecule has 0 spiro atoms. The van der Waals surface area contributed by atoms with Gasteiger partial charge in [-0.3, -0.25) is 0 Å².